The molecule has 1 saturated heterocycles. The standard InChI is InChI=1S/C25H39BO3/c1-4-5-14-26-28-16-23(29-26)22-9-8-20-19-7-6-17-15-18(27)10-12-24(17,2)21(19)11-13-25(20,22)3/h15,19-23H,4-14,16H2,1-3H3/t19-,20-,21-,22+,23+,24-,25-/m0/s1. The van der Waals surface area contributed by atoms with Crippen molar-refractivity contribution in [2.75, 3.05) is 6.61 Å². The Labute approximate surface area is 177 Å². The van der Waals surface area contributed by atoms with Crippen molar-refractivity contribution in [2.45, 2.75) is 97.4 Å². The van der Waals surface area contributed by atoms with Crippen LogP contribution in [0, 0.1) is 34.5 Å². The zero-order chi connectivity index (χ0) is 20.2. The summed E-state index contributed by atoms with van der Waals surface area (Å²) in [6.45, 7) is 8.12. The lowest BCUT2D eigenvalue weighted by Crippen LogP contribution is -2.51. The molecule has 160 valence electrons. The number of carbonyl (C=O) groups excluding carboxylic acids is 1. The van der Waals surface area contributed by atoms with Crippen LogP contribution in [0.15, 0.2) is 11.6 Å². The summed E-state index contributed by atoms with van der Waals surface area (Å²) in [6.07, 6.45) is 15.5. The van der Waals surface area contributed by atoms with Gasteiger partial charge < -0.3 is 9.31 Å². The number of allylic oxidation sites excluding steroid dienone is 1. The van der Waals surface area contributed by atoms with Gasteiger partial charge in [-0.1, -0.05) is 39.2 Å². The van der Waals surface area contributed by atoms with Gasteiger partial charge in [-0.3, -0.25) is 4.79 Å². The third-order valence-electron chi connectivity index (χ3n) is 10.1. The molecule has 0 unspecified atom stereocenters. The summed E-state index contributed by atoms with van der Waals surface area (Å²) in [5, 5.41) is 0. The maximum absolute atomic E-state index is 12.0. The first-order valence-corrected chi connectivity index (χ1v) is 12.5. The third kappa shape index (κ3) is 3.19. The van der Waals surface area contributed by atoms with Crippen LogP contribution in [0.5, 0.6) is 0 Å². The Balaban J connectivity index is 1.33. The summed E-state index contributed by atoms with van der Waals surface area (Å²) < 4.78 is 12.5. The highest BCUT2D eigenvalue weighted by Gasteiger charge is 2.60. The van der Waals surface area contributed by atoms with Crippen molar-refractivity contribution in [3.05, 3.63) is 11.6 Å². The van der Waals surface area contributed by atoms with Gasteiger partial charge in [0.25, 0.3) is 0 Å². The van der Waals surface area contributed by atoms with Gasteiger partial charge in [0, 0.05) is 6.42 Å². The highest BCUT2D eigenvalue weighted by molar-refractivity contribution is 6.45. The summed E-state index contributed by atoms with van der Waals surface area (Å²) in [5.41, 5.74) is 2.19. The maximum atomic E-state index is 12.0. The summed E-state index contributed by atoms with van der Waals surface area (Å²) in [6, 6.07) is 0. The molecular formula is C25H39BO3. The summed E-state index contributed by atoms with van der Waals surface area (Å²) >= 11 is 0. The van der Waals surface area contributed by atoms with Gasteiger partial charge in [-0.25, -0.2) is 0 Å². The van der Waals surface area contributed by atoms with Gasteiger partial charge in [0.05, 0.1) is 12.7 Å². The zero-order valence-corrected chi connectivity index (χ0v) is 18.8. The third-order valence-corrected chi connectivity index (χ3v) is 10.1. The number of ketones is 1. The van der Waals surface area contributed by atoms with Gasteiger partial charge in [0.2, 0.25) is 0 Å². The van der Waals surface area contributed by atoms with E-state index in [1.807, 2.05) is 6.08 Å². The number of hydrogen-bond donors (Lipinski definition) is 0. The number of carbonyl (C=O) groups is 1. The molecule has 5 aliphatic rings. The van der Waals surface area contributed by atoms with Crippen molar-refractivity contribution in [3.8, 4) is 0 Å². The van der Waals surface area contributed by atoms with E-state index in [1.165, 1.54) is 50.5 Å². The Morgan fingerprint density at radius 3 is 2.72 bits per heavy atom. The molecule has 7 atom stereocenters. The summed E-state index contributed by atoms with van der Waals surface area (Å²) in [7, 11) is 0.0417. The zero-order valence-electron chi connectivity index (χ0n) is 18.8. The monoisotopic (exact) mass is 398 g/mol. The predicted octanol–water partition coefficient (Wildman–Crippen LogP) is 5.84. The van der Waals surface area contributed by atoms with E-state index in [0.29, 0.717) is 23.2 Å². The van der Waals surface area contributed by atoms with Gasteiger partial charge in [0.1, 0.15) is 0 Å². The lowest BCUT2D eigenvalue weighted by atomic mass is 9.46. The molecule has 0 N–H and O–H groups in total. The second kappa shape index (κ2) is 7.52. The number of hydrogen-bond acceptors (Lipinski definition) is 3. The van der Waals surface area contributed by atoms with Crippen LogP contribution < -0.4 is 0 Å². The van der Waals surface area contributed by atoms with Crippen molar-refractivity contribution < 1.29 is 14.1 Å². The van der Waals surface area contributed by atoms with E-state index in [9.17, 15) is 4.79 Å². The second-order valence-corrected chi connectivity index (χ2v) is 11.3. The molecule has 0 radical (unpaired) electrons. The van der Waals surface area contributed by atoms with Crippen LogP contribution in [0.4, 0.5) is 0 Å². The topological polar surface area (TPSA) is 35.5 Å². The van der Waals surface area contributed by atoms with E-state index in [0.717, 1.165) is 49.9 Å². The molecule has 1 heterocycles. The van der Waals surface area contributed by atoms with Gasteiger partial charge in [-0.2, -0.15) is 0 Å². The van der Waals surface area contributed by atoms with Crippen LogP contribution in [0.1, 0.15) is 85.0 Å². The van der Waals surface area contributed by atoms with Gasteiger partial charge >= 0.3 is 7.12 Å². The molecule has 4 heteroatoms. The first-order chi connectivity index (χ1) is 14.0. The van der Waals surface area contributed by atoms with Crippen molar-refractivity contribution in [2.24, 2.45) is 34.5 Å². The molecule has 29 heavy (non-hydrogen) atoms. The normalized spacial score (nSPS) is 46.9. The molecule has 3 saturated carbocycles. The maximum Gasteiger partial charge on any atom is 0.457 e. The second-order valence-electron chi connectivity index (χ2n) is 11.3. The number of unbranched alkanes of at least 4 members (excludes halogenated alkanes) is 1. The van der Waals surface area contributed by atoms with E-state index in [-0.39, 0.29) is 12.5 Å². The average molecular weight is 398 g/mol. The lowest BCUT2D eigenvalue weighted by molar-refractivity contribution is -0.117. The van der Waals surface area contributed by atoms with Crippen LogP contribution in [-0.2, 0) is 14.1 Å². The molecule has 4 fully saturated rings. The van der Waals surface area contributed by atoms with E-state index >= 15 is 0 Å². The smallest absolute Gasteiger partial charge is 0.408 e. The molecule has 0 spiro atoms. The molecular weight excluding hydrogens is 359 g/mol. The minimum atomic E-state index is 0.0417. The minimum Gasteiger partial charge on any atom is -0.408 e. The first-order valence-electron chi connectivity index (χ1n) is 12.5. The molecule has 4 aliphatic carbocycles. The van der Waals surface area contributed by atoms with Gasteiger partial charge in [0.15, 0.2) is 5.78 Å². The van der Waals surface area contributed by atoms with Crippen LogP contribution in [0.25, 0.3) is 0 Å². The fourth-order valence-corrected chi connectivity index (χ4v) is 8.42. The number of fused-ring (bicyclic) bond motifs is 5. The summed E-state index contributed by atoms with van der Waals surface area (Å²) in [4.78, 5) is 12.0. The van der Waals surface area contributed by atoms with Crippen molar-refractivity contribution in [1.29, 1.82) is 0 Å². The molecule has 1 aliphatic heterocycles. The Hall–Kier alpha value is -0.605. The SMILES string of the molecule is CCCCB1OC[C@H]([C@H]2CC[C@H]3[C@@H]4CCC5=CC(=O)CC[C@]5(C)[C@H]4CC[C@]23C)O1. The fourth-order valence-electron chi connectivity index (χ4n) is 8.42. The lowest BCUT2D eigenvalue weighted by Gasteiger charge is -2.58. The highest BCUT2D eigenvalue weighted by Crippen LogP contribution is 2.67. The Morgan fingerprint density at radius 1 is 1.07 bits per heavy atom. The molecule has 0 aromatic carbocycles. The quantitative estimate of drug-likeness (QED) is 0.558. The molecule has 0 amide bonds. The molecule has 5 rings (SSSR count). The average Bonchev–Trinajstić information content (AvgIpc) is 3.30. The Bertz CT molecular complexity index is 690. The van der Waals surface area contributed by atoms with E-state index in [1.54, 1.807) is 0 Å². The van der Waals surface area contributed by atoms with Crippen LogP contribution in [0.3, 0.4) is 0 Å². The fraction of sp³-hybridized carbons (Fsp3) is 0.880. The molecule has 0 bridgehead atoms. The van der Waals surface area contributed by atoms with Crippen molar-refractivity contribution in [3.63, 3.8) is 0 Å². The molecule has 0 aromatic rings. The highest BCUT2D eigenvalue weighted by atomic mass is 16.6. The summed E-state index contributed by atoms with van der Waals surface area (Å²) in [5.74, 6) is 3.49. The Morgan fingerprint density at radius 2 is 1.90 bits per heavy atom. The first kappa shape index (κ1) is 20.3. The predicted molar refractivity (Wildman–Crippen MR) is 116 cm³/mol. The van der Waals surface area contributed by atoms with E-state index < -0.39 is 0 Å². The van der Waals surface area contributed by atoms with Crippen molar-refractivity contribution >= 4 is 12.9 Å². The Kier molecular flexibility index (Phi) is 5.26. The molecule has 3 nitrogen and oxygen atoms in total. The van der Waals surface area contributed by atoms with Crippen LogP contribution in [0.2, 0.25) is 6.32 Å². The molecule has 0 aromatic heterocycles. The number of rotatable bonds is 4. The minimum absolute atomic E-state index is 0.0417. The van der Waals surface area contributed by atoms with E-state index in [4.69, 9.17) is 9.31 Å². The van der Waals surface area contributed by atoms with Crippen LogP contribution >= 0.6 is 0 Å². The van der Waals surface area contributed by atoms with Crippen LogP contribution in [-0.4, -0.2) is 25.6 Å². The largest absolute Gasteiger partial charge is 0.457 e. The van der Waals surface area contributed by atoms with Gasteiger partial charge in [-0.05, 0) is 91.8 Å². The van der Waals surface area contributed by atoms with E-state index in [2.05, 4.69) is 20.8 Å². The van der Waals surface area contributed by atoms with Gasteiger partial charge in [-0.15, -0.1) is 0 Å². The van der Waals surface area contributed by atoms with Crippen molar-refractivity contribution in [1.82, 2.24) is 0 Å².